The van der Waals surface area contributed by atoms with E-state index in [2.05, 4.69) is 20.3 Å². The second-order valence-electron chi connectivity index (χ2n) is 4.28. The third-order valence-electron chi connectivity index (χ3n) is 3.12. The molecule has 0 atom stereocenters. The Bertz CT molecular complexity index is 968. The van der Waals surface area contributed by atoms with Crippen LogP contribution in [0.25, 0.3) is 22.5 Å². The lowest BCUT2D eigenvalue weighted by Gasteiger charge is -2.08. The van der Waals surface area contributed by atoms with Crippen molar-refractivity contribution < 1.29 is 0 Å². The molecular formula is C13H9N7. The van der Waals surface area contributed by atoms with E-state index in [-0.39, 0.29) is 5.49 Å². The van der Waals surface area contributed by atoms with Crippen molar-refractivity contribution in [1.82, 2.24) is 29.4 Å². The Hall–Kier alpha value is -3.09. The summed E-state index contributed by atoms with van der Waals surface area (Å²) in [6.45, 7) is 0. The van der Waals surface area contributed by atoms with Crippen LogP contribution in [0, 0.1) is 5.41 Å². The van der Waals surface area contributed by atoms with Crippen molar-refractivity contribution in [1.29, 1.82) is 5.41 Å². The molecule has 0 fully saturated rings. The molecule has 0 saturated carbocycles. The van der Waals surface area contributed by atoms with Crippen LogP contribution in [0.3, 0.4) is 0 Å². The first-order valence-electron chi connectivity index (χ1n) is 6.02. The summed E-state index contributed by atoms with van der Waals surface area (Å²) >= 11 is 0. The van der Waals surface area contributed by atoms with E-state index in [4.69, 9.17) is 5.41 Å². The number of para-hydroxylation sites is 1. The Morgan fingerprint density at radius 1 is 1.00 bits per heavy atom. The molecule has 1 aromatic carbocycles. The minimum Gasteiger partial charge on any atom is -0.300 e. The first-order chi connectivity index (χ1) is 9.84. The summed E-state index contributed by atoms with van der Waals surface area (Å²) in [6, 6.07) is 11.5. The SMILES string of the molecule is N=c1c2nnc3ncnn3c2ccn1-c1ccccc1. The number of nitrogens with zero attached hydrogens (tertiary/aromatic N) is 6. The van der Waals surface area contributed by atoms with E-state index in [9.17, 15) is 0 Å². The summed E-state index contributed by atoms with van der Waals surface area (Å²) in [5.74, 6) is 0.425. The highest BCUT2D eigenvalue weighted by atomic mass is 15.4. The van der Waals surface area contributed by atoms with Crippen LogP contribution in [0.2, 0.25) is 0 Å². The zero-order valence-corrected chi connectivity index (χ0v) is 10.3. The molecule has 1 N–H and O–H groups in total. The molecule has 0 radical (unpaired) electrons. The van der Waals surface area contributed by atoms with Gasteiger partial charge in [0.15, 0.2) is 11.0 Å². The van der Waals surface area contributed by atoms with Crippen molar-refractivity contribution in [3.8, 4) is 5.69 Å². The van der Waals surface area contributed by atoms with E-state index < -0.39 is 0 Å². The molecule has 3 heterocycles. The highest BCUT2D eigenvalue weighted by molar-refractivity contribution is 5.74. The third kappa shape index (κ3) is 1.43. The largest absolute Gasteiger partial charge is 0.300 e. The number of benzene rings is 1. The topological polar surface area (TPSA) is 84.8 Å². The molecule has 20 heavy (non-hydrogen) atoms. The standard InChI is InChI=1S/C13H9N7/c14-12-11-10(20-13(18-17-11)15-8-16-20)6-7-19(12)9-4-2-1-3-5-9/h1-8,14H. The number of pyridine rings is 1. The number of aromatic nitrogens is 6. The van der Waals surface area contributed by atoms with E-state index in [1.165, 1.54) is 6.33 Å². The zero-order valence-electron chi connectivity index (χ0n) is 10.3. The van der Waals surface area contributed by atoms with Crippen LogP contribution >= 0.6 is 0 Å². The van der Waals surface area contributed by atoms with Gasteiger partial charge in [0.1, 0.15) is 11.8 Å². The highest BCUT2D eigenvalue weighted by Gasteiger charge is 2.08. The van der Waals surface area contributed by atoms with Gasteiger partial charge in [-0.05, 0) is 18.2 Å². The van der Waals surface area contributed by atoms with E-state index in [0.29, 0.717) is 16.8 Å². The molecule has 0 aliphatic rings. The smallest absolute Gasteiger partial charge is 0.272 e. The van der Waals surface area contributed by atoms with Gasteiger partial charge in [0, 0.05) is 11.9 Å². The molecule has 0 unspecified atom stereocenters. The van der Waals surface area contributed by atoms with E-state index in [0.717, 1.165) is 5.69 Å². The molecular weight excluding hydrogens is 254 g/mol. The second-order valence-corrected chi connectivity index (χ2v) is 4.28. The van der Waals surface area contributed by atoms with E-state index in [1.807, 2.05) is 42.6 Å². The lowest BCUT2D eigenvalue weighted by atomic mass is 10.3. The molecule has 0 aliphatic carbocycles. The van der Waals surface area contributed by atoms with Crippen molar-refractivity contribution in [3.05, 3.63) is 54.4 Å². The van der Waals surface area contributed by atoms with Crippen LogP contribution in [0.4, 0.5) is 0 Å². The maximum Gasteiger partial charge on any atom is 0.272 e. The van der Waals surface area contributed by atoms with Gasteiger partial charge in [-0.1, -0.05) is 18.2 Å². The lowest BCUT2D eigenvalue weighted by molar-refractivity contribution is 0.889. The second kappa shape index (κ2) is 3.95. The fourth-order valence-corrected chi connectivity index (χ4v) is 2.18. The number of hydrogen-bond donors (Lipinski definition) is 1. The van der Waals surface area contributed by atoms with Gasteiger partial charge in [0.05, 0.1) is 0 Å². The number of hydrogen-bond acceptors (Lipinski definition) is 5. The van der Waals surface area contributed by atoms with Gasteiger partial charge in [0.2, 0.25) is 0 Å². The maximum absolute atomic E-state index is 8.30. The van der Waals surface area contributed by atoms with Crippen molar-refractivity contribution >= 4 is 16.8 Å². The molecule has 4 aromatic rings. The first kappa shape index (κ1) is 10.8. The van der Waals surface area contributed by atoms with Gasteiger partial charge in [0.25, 0.3) is 5.78 Å². The van der Waals surface area contributed by atoms with Gasteiger partial charge < -0.3 is 4.57 Å². The summed E-state index contributed by atoms with van der Waals surface area (Å²) in [4.78, 5) is 3.99. The lowest BCUT2D eigenvalue weighted by Crippen LogP contribution is -2.20. The van der Waals surface area contributed by atoms with Crippen molar-refractivity contribution in [2.24, 2.45) is 0 Å². The number of rotatable bonds is 1. The van der Waals surface area contributed by atoms with Crippen LogP contribution in [0.5, 0.6) is 0 Å². The Balaban J connectivity index is 2.10. The van der Waals surface area contributed by atoms with Crippen LogP contribution in [0.15, 0.2) is 48.9 Å². The van der Waals surface area contributed by atoms with Crippen molar-refractivity contribution in [2.45, 2.75) is 0 Å². The average molecular weight is 263 g/mol. The summed E-state index contributed by atoms with van der Waals surface area (Å²) in [5.41, 5.74) is 2.36. The van der Waals surface area contributed by atoms with Crippen LogP contribution in [-0.4, -0.2) is 29.4 Å². The summed E-state index contributed by atoms with van der Waals surface area (Å²) in [6.07, 6.45) is 3.24. The predicted molar refractivity (Wildman–Crippen MR) is 71.3 cm³/mol. The van der Waals surface area contributed by atoms with Crippen molar-refractivity contribution in [3.63, 3.8) is 0 Å². The van der Waals surface area contributed by atoms with Gasteiger partial charge in [-0.25, -0.2) is 0 Å². The van der Waals surface area contributed by atoms with Gasteiger partial charge in [-0.15, -0.1) is 10.2 Å². The number of nitrogens with one attached hydrogen (secondary N) is 1. The fraction of sp³-hybridized carbons (Fsp3) is 0. The summed E-state index contributed by atoms with van der Waals surface area (Å²) in [7, 11) is 0. The molecule has 0 amide bonds. The minimum absolute atomic E-state index is 0.263. The van der Waals surface area contributed by atoms with E-state index >= 15 is 0 Å². The maximum atomic E-state index is 8.30. The van der Waals surface area contributed by atoms with E-state index in [1.54, 1.807) is 9.08 Å². The Morgan fingerprint density at radius 3 is 2.70 bits per heavy atom. The van der Waals surface area contributed by atoms with Gasteiger partial charge in [-0.2, -0.15) is 14.6 Å². The monoisotopic (exact) mass is 263 g/mol. The third-order valence-corrected chi connectivity index (χ3v) is 3.12. The first-order valence-corrected chi connectivity index (χ1v) is 6.02. The Morgan fingerprint density at radius 2 is 1.85 bits per heavy atom. The molecule has 0 aliphatic heterocycles. The van der Waals surface area contributed by atoms with Crippen LogP contribution in [-0.2, 0) is 0 Å². The average Bonchev–Trinajstić information content (AvgIpc) is 2.97. The molecule has 7 heteroatoms. The molecule has 0 saturated heterocycles. The Labute approximate surface area is 112 Å². The van der Waals surface area contributed by atoms with Gasteiger partial charge in [-0.3, -0.25) is 5.41 Å². The zero-order chi connectivity index (χ0) is 13.5. The van der Waals surface area contributed by atoms with Crippen molar-refractivity contribution in [2.75, 3.05) is 0 Å². The minimum atomic E-state index is 0.263. The van der Waals surface area contributed by atoms with Gasteiger partial charge >= 0.3 is 0 Å². The summed E-state index contributed by atoms with van der Waals surface area (Å²) in [5, 5.41) is 20.5. The molecule has 0 spiro atoms. The molecule has 7 nitrogen and oxygen atoms in total. The quantitative estimate of drug-likeness (QED) is 0.554. The van der Waals surface area contributed by atoms with Crippen LogP contribution < -0.4 is 5.49 Å². The Kier molecular flexibility index (Phi) is 2.13. The molecule has 4 rings (SSSR count). The fourth-order valence-electron chi connectivity index (χ4n) is 2.18. The summed E-state index contributed by atoms with van der Waals surface area (Å²) < 4.78 is 3.33. The van der Waals surface area contributed by atoms with Crippen LogP contribution in [0.1, 0.15) is 0 Å². The normalized spacial score (nSPS) is 11.2. The highest BCUT2D eigenvalue weighted by Crippen LogP contribution is 2.09. The predicted octanol–water partition coefficient (Wildman–Crippen LogP) is 0.943. The molecule has 0 bridgehead atoms. The number of fused-ring (bicyclic) bond motifs is 3. The molecule has 96 valence electrons. The molecule has 3 aromatic heterocycles.